The molecule has 0 aliphatic carbocycles. The van der Waals surface area contributed by atoms with Crippen LogP contribution < -0.4 is 4.74 Å². The van der Waals surface area contributed by atoms with E-state index >= 15 is 0 Å². The van der Waals surface area contributed by atoms with Gasteiger partial charge in [0, 0.05) is 0 Å². The van der Waals surface area contributed by atoms with E-state index in [1.54, 1.807) is 6.92 Å². The number of rotatable bonds is 5. The fourth-order valence-electron chi connectivity index (χ4n) is 1.28. The molecule has 0 fully saturated rings. The summed E-state index contributed by atoms with van der Waals surface area (Å²) in [4.78, 5) is 21.8. The predicted molar refractivity (Wildman–Crippen MR) is 60.0 cm³/mol. The van der Waals surface area contributed by atoms with E-state index in [0.717, 1.165) is 0 Å². The van der Waals surface area contributed by atoms with Crippen LogP contribution in [0.3, 0.4) is 0 Å². The van der Waals surface area contributed by atoms with E-state index in [4.69, 9.17) is 9.84 Å². The van der Waals surface area contributed by atoms with Crippen LogP contribution in [0.15, 0.2) is 12.1 Å². The molecule has 19 heavy (non-hydrogen) atoms. The molecule has 1 unspecified atom stereocenters. The van der Waals surface area contributed by atoms with Gasteiger partial charge in [0.15, 0.2) is 23.5 Å². The highest BCUT2D eigenvalue weighted by Gasteiger charge is 2.22. The zero-order chi connectivity index (χ0) is 14.6. The van der Waals surface area contributed by atoms with Crippen molar-refractivity contribution in [3.8, 4) is 5.75 Å². The Morgan fingerprint density at radius 1 is 1.32 bits per heavy atom. The maximum atomic E-state index is 13.5. The lowest BCUT2D eigenvalue weighted by Crippen LogP contribution is -2.27. The van der Waals surface area contributed by atoms with Crippen molar-refractivity contribution in [2.75, 3.05) is 6.61 Å². The SMILES string of the molecule is CCOC(=O)C(C)Oc1c(F)cc(C(=O)O)cc1F. The third kappa shape index (κ3) is 3.64. The molecule has 0 aromatic heterocycles. The van der Waals surface area contributed by atoms with Crippen LogP contribution in [0.4, 0.5) is 8.78 Å². The van der Waals surface area contributed by atoms with Crippen molar-refractivity contribution in [2.24, 2.45) is 0 Å². The molecule has 1 rings (SSSR count). The number of hydrogen-bond donors (Lipinski definition) is 1. The van der Waals surface area contributed by atoms with Crippen molar-refractivity contribution in [3.05, 3.63) is 29.3 Å². The standard InChI is InChI=1S/C12H12F2O5/c1-3-18-12(17)6(2)19-10-8(13)4-7(11(15)16)5-9(10)14/h4-6H,3H2,1-2H3,(H,15,16). The van der Waals surface area contributed by atoms with Gasteiger partial charge in [-0.15, -0.1) is 0 Å². The average molecular weight is 274 g/mol. The van der Waals surface area contributed by atoms with E-state index in [1.165, 1.54) is 6.92 Å². The number of carboxylic acids is 1. The topological polar surface area (TPSA) is 72.8 Å². The molecular weight excluding hydrogens is 262 g/mol. The molecule has 104 valence electrons. The zero-order valence-corrected chi connectivity index (χ0v) is 10.3. The van der Waals surface area contributed by atoms with Gasteiger partial charge in [0.25, 0.3) is 0 Å². The lowest BCUT2D eigenvalue weighted by molar-refractivity contribution is -0.150. The molecule has 0 saturated carbocycles. The number of halogens is 2. The van der Waals surface area contributed by atoms with Crippen LogP contribution in [-0.2, 0) is 9.53 Å². The van der Waals surface area contributed by atoms with Crippen LogP contribution >= 0.6 is 0 Å². The van der Waals surface area contributed by atoms with Gasteiger partial charge in [0.1, 0.15) is 0 Å². The fourth-order valence-corrected chi connectivity index (χ4v) is 1.28. The number of ether oxygens (including phenoxy) is 2. The molecule has 0 aliphatic heterocycles. The molecular formula is C12H12F2O5. The summed E-state index contributed by atoms with van der Waals surface area (Å²) in [6, 6.07) is 1.22. The average Bonchev–Trinajstić information content (AvgIpc) is 2.33. The summed E-state index contributed by atoms with van der Waals surface area (Å²) < 4.78 is 36.4. The summed E-state index contributed by atoms with van der Waals surface area (Å²) in [5, 5.41) is 8.62. The molecule has 0 bridgehead atoms. The summed E-state index contributed by atoms with van der Waals surface area (Å²) in [7, 11) is 0. The number of carboxylic acid groups (broad SMARTS) is 1. The Morgan fingerprint density at radius 3 is 2.26 bits per heavy atom. The quantitative estimate of drug-likeness (QED) is 0.831. The molecule has 0 radical (unpaired) electrons. The molecule has 0 saturated heterocycles. The first-order valence-corrected chi connectivity index (χ1v) is 5.42. The van der Waals surface area contributed by atoms with Gasteiger partial charge in [-0.25, -0.2) is 18.4 Å². The van der Waals surface area contributed by atoms with E-state index in [1.807, 2.05) is 0 Å². The zero-order valence-electron chi connectivity index (χ0n) is 10.3. The largest absolute Gasteiger partial charge is 0.478 e. The van der Waals surface area contributed by atoms with Crippen molar-refractivity contribution in [1.82, 2.24) is 0 Å². The molecule has 5 nitrogen and oxygen atoms in total. The summed E-state index contributed by atoms with van der Waals surface area (Å²) in [5.74, 6) is -5.46. The maximum absolute atomic E-state index is 13.5. The highest BCUT2D eigenvalue weighted by Crippen LogP contribution is 2.24. The van der Waals surface area contributed by atoms with Crippen LogP contribution in [0.1, 0.15) is 24.2 Å². The van der Waals surface area contributed by atoms with Crippen molar-refractivity contribution >= 4 is 11.9 Å². The van der Waals surface area contributed by atoms with E-state index in [-0.39, 0.29) is 6.61 Å². The van der Waals surface area contributed by atoms with Gasteiger partial charge in [-0.2, -0.15) is 0 Å². The van der Waals surface area contributed by atoms with E-state index < -0.39 is 41.0 Å². The van der Waals surface area contributed by atoms with Gasteiger partial charge in [0.2, 0.25) is 0 Å². The minimum Gasteiger partial charge on any atom is -0.478 e. The molecule has 0 amide bonds. The highest BCUT2D eigenvalue weighted by atomic mass is 19.1. The van der Waals surface area contributed by atoms with Crippen LogP contribution in [0, 0.1) is 11.6 Å². The number of benzene rings is 1. The van der Waals surface area contributed by atoms with Gasteiger partial charge in [-0.3, -0.25) is 0 Å². The predicted octanol–water partition coefficient (Wildman–Crippen LogP) is 1.99. The van der Waals surface area contributed by atoms with Gasteiger partial charge < -0.3 is 14.6 Å². The second kappa shape index (κ2) is 6.12. The van der Waals surface area contributed by atoms with Crippen molar-refractivity contribution in [3.63, 3.8) is 0 Å². The van der Waals surface area contributed by atoms with Gasteiger partial charge in [-0.05, 0) is 26.0 Å². The lowest BCUT2D eigenvalue weighted by Gasteiger charge is -2.14. The molecule has 0 aliphatic rings. The highest BCUT2D eigenvalue weighted by molar-refractivity contribution is 5.87. The van der Waals surface area contributed by atoms with E-state index in [2.05, 4.69) is 4.74 Å². The maximum Gasteiger partial charge on any atom is 0.347 e. The number of esters is 1. The fraction of sp³-hybridized carbons (Fsp3) is 0.333. The first-order valence-electron chi connectivity index (χ1n) is 5.42. The molecule has 1 aromatic rings. The van der Waals surface area contributed by atoms with Gasteiger partial charge in [-0.1, -0.05) is 0 Å². The van der Waals surface area contributed by atoms with Crippen LogP contribution in [0.25, 0.3) is 0 Å². The second-order valence-corrected chi connectivity index (χ2v) is 3.59. The second-order valence-electron chi connectivity index (χ2n) is 3.59. The van der Waals surface area contributed by atoms with Crippen LogP contribution in [-0.4, -0.2) is 29.8 Å². The minimum absolute atomic E-state index is 0.107. The van der Waals surface area contributed by atoms with Crippen molar-refractivity contribution in [1.29, 1.82) is 0 Å². The monoisotopic (exact) mass is 274 g/mol. The first kappa shape index (κ1) is 14.9. The molecule has 7 heteroatoms. The summed E-state index contributed by atoms with van der Waals surface area (Å²) >= 11 is 0. The van der Waals surface area contributed by atoms with Gasteiger partial charge in [0.05, 0.1) is 12.2 Å². The van der Waals surface area contributed by atoms with Crippen LogP contribution in [0.2, 0.25) is 0 Å². The summed E-state index contributed by atoms with van der Waals surface area (Å²) in [6.45, 7) is 2.95. The molecule has 0 heterocycles. The molecule has 0 spiro atoms. The van der Waals surface area contributed by atoms with E-state index in [0.29, 0.717) is 12.1 Å². The first-order chi connectivity index (χ1) is 8.86. The Labute approximate surface area is 107 Å². The number of carbonyl (C=O) groups is 2. The molecule has 1 atom stereocenters. The Kier molecular flexibility index (Phi) is 4.80. The summed E-state index contributed by atoms with van der Waals surface area (Å²) in [6.07, 6.45) is -1.21. The summed E-state index contributed by atoms with van der Waals surface area (Å²) in [5.41, 5.74) is -0.550. The van der Waals surface area contributed by atoms with Gasteiger partial charge >= 0.3 is 11.9 Å². The Balaban J connectivity index is 2.96. The third-order valence-electron chi connectivity index (χ3n) is 2.16. The number of hydrogen-bond acceptors (Lipinski definition) is 4. The van der Waals surface area contributed by atoms with Crippen molar-refractivity contribution < 1.29 is 33.0 Å². The smallest absolute Gasteiger partial charge is 0.347 e. The van der Waals surface area contributed by atoms with Crippen LogP contribution in [0.5, 0.6) is 5.75 Å². The Morgan fingerprint density at radius 2 is 1.84 bits per heavy atom. The number of carbonyl (C=O) groups excluding carboxylic acids is 1. The Hall–Kier alpha value is -2.18. The Bertz CT molecular complexity index is 478. The minimum atomic E-state index is -1.47. The third-order valence-corrected chi connectivity index (χ3v) is 2.16. The molecule has 1 N–H and O–H groups in total. The van der Waals surface area contributed by atoms with E-state index in [9.17, 15) is 18.4 Å². The molecule has 1 aromatic carbocycles. The number of aromatic carboxylic acids is 1. The normalized spacial score (nSPS) is 11.8. The lowest BCUT2D eigenvalue weighted by atomic mass is 10.2. The van der Waals surface area contributed by atoms with Crippen molar-refractivity contribution in [2.45, 2.75) is 20.0 Å².